The fourth-order valence-electron chi connectivity index (χ4n) is 1.59. The van der Waals surface area contributed by atoms with Crippen LogP contribution in [0.4, 0.5) is 4.39 Å². The topological polar surface area (TPSA) is 66.1 Å². The number of hydrogen-bond donors (Lipinski definition) is 1. The van der Waals surface area contributed by atoms with Gasteiger partial charge in [0.1, 0.15) is 11.6 Å². The smallest absolute Gasteiger partial charge is 0.243 e. The normalized spacial score (nSPS) is 12.0. The minimum absolute atomic E-state index is 0.0651. The molecule has 0 amide bonds. The second-order valence-corrected chi connectivity index (χ2v) is 6.25. The third-order valence-electron chi connectivity index (χ3n) is 2.78. The minimum Gasteiger partial charge on any atom is -0.347 e. The molecule has 0 bridgehead atoms. The average molecular weight is 283 g/mol. The summed E-state index contributed by atoms with van der Waals surface area (Å²) in [5, 5.41) is 0. The molecular formula is C12H14FN3O2S. The monoisotopic (exact) mass is 283 g/mol. The number of sulfonamides is 1. The molecule has 0 unspecified atom stereocenters. The van der Waals surface area contributed by atoms with E-state index in [1.54, 1.807) is 19.3 Å². The van der Waals surface area contributed by atoms with Crippen LogP contribution in [0.3, 0.4) is 0 Å². The Labute approximate surface area is 111 Å². The van der Waals surface area contributed by atoms with Gasteiger partial charge in [0.15, 0.2) is 0 Å². The molecule has 0 aliphatic heterocycles. The van der Waals surface area contributed by atoms with E-state index in [2.05, 4.69) is 9.97 Å². The van der Waals surface area contributed by atoms with E-state index in [-0.39, 0.29) is 11.4 Å². The predicted molar refractivity (Wildman–Crippen MR) is 68.4 cm³/mol. The molecule has 1 N–H and O–H groups in total. The zero-order valence-electron chi connectivity index (χ0n) is 10.6. The van der Waals surface area contributed by atoms with Crippen LogP contribution in [-0.2, 0) is 16.6 Å². The van der Waals surface area contributed by atoms with Crippen LogP contribution in [0.15, 0.2) is 35.5 Å². The molecule has 7 heteroatoms. The van der Waals surface area contributed by atoms with Gasteiger partial charge in [0.2, 0.25) is 10.0 Å². The van der Waals surface area contributed by atoms with Crippen molar-refractivity contribution in [3.05, 3.63) is 47.8 Å². The zero-order chi connectivity index (χ0) is 14.0. The third kappa shape index (κ3) is 2.82. The lowest BCUT2D eigenvalue weighted by molar-refractivity contribution is 0.457. The van der Waals surface area contributed by atoms with Gasteiger partial charge in [-0.05, 0) is 24.6 Å². The zero-order valence-corrected chi connectivity index (χ0v) is 11.4. The first kappa shape index (κ1) is 13.7. The van der Waals surface area contributed by atoms with Gasteiger partial charge in [-0.15, -0.1) is 0 Å². The summed E-state index contributed by atoms with van der Waals surface area (Å²) >= 11 is 0. The number of halogens is 1. The number of nitrogens with zero attached hydrogens (tertiary/aromatic N) is 2. The summed E-state index contributed by atoms with van der Waals surface area (Å²) < 4.78 is 39.0. The van der Waals surface area contributed by atoms with Crippen LogP contribution in [0.25, 0.3) is 0 Å². The summed E-state index contributed by atoms with van der Waals surface area (Å²) in [5.41, 5.74) is 0.410. The van der Waals surface area contributed by atoms with E-state index in [1.165, 1.54) is 19.2 Å². The van der Waals surface area contributed by atoms with E-state index >= 15 is 0 Å². The van der Waals surface area contributed by atoms with E-state index in [9.17, 15) is 12.8 Å². The summed E-state index contributed by atoms with van der Waals surface area (Å²) in [7, 11) is -2.29. The molecule has 1 heterocycles. The molecule has 0 saturated heterocycles. The van der Waals surface area contributed by atoms with Crippen molar-refractivity contribution < 1.29 is 12.8 Å². The largest absolute Gasteiger partial charge is 0.347 e. The lowest BCUT2D eigenvalue weighted by Crippen LogP contribution is -2.27. The molecule has 0 radical (unpaired) electrons. The van der Waals surface area contributed by atoms with Crippen LogP contribution in [0.5, 0.6) is 0 Å². The maximum Gasteiger partial charge on any atom is 0.243 e. The summed E-state index contributed by atoms with van der Waals surface area (Å²) in [6.45, 7) is 1.68. The summed E-state index contributed by atoms with van der Waals surface area (Å²) in [4.78, 5) is 6.71. The molecule has 2 aromatic rings. The number of benzene rings is 1. The standard InChI is InChI=1S/C12H14FN3O2S/c1-9-3-4-10(7-11(9)13)19(17,18)16(2)8-12-14-5-6-15-12/h3-7H,8H2,1-2H3,(H,14,15). The molecule has 0 atom stereocenters. The molecule has 102 valence electrons. The summed E-state index contributed by atoms with van der Waals surface area (Å²) in [6.07, 6.45) is 3.16. The first-order valence-electron chi connectivity index (χ1n) is 5.62. The highest BCUT2D eigenvalue weighted by Gasteiger charge is 2.22. The molecule has 1 aromatic carbocycles. The third-order valence-corrected chi connectivity index (χ3v) is 4.58. The van der Waals surface area contributed by atoms with Crippen molar-refractivity contribution in [3.8, 4) is 0 Å². The Balaban J connectivity index is 2.28. The number of imidazole rings is 1. The first-order valence-corrected chi connectivity index (χ1v) is 7.06. The molecule has 2 rings (SSSR count). The molecule has 0 aliphatic carbocycles. The molecule has 0 saturated carbocycles. The van der Waals surface area contributed by atoms with Gasteiger partial charge < -0.3 is 4.98 Å². The van der Waals surface area contributed by atoms with Gasteiger partial charge in [0.05, 0.1) is 11.4 Å². The van der Waals surface area contributed by atoms with Gasteiger partial charge in [-0.25, -0.2) is 17.8 Å². The van der Waals surface area contributed by atoms with Gasteiger partial charge in [-0.3, -0.25) is 0 Å². The van der Waals surface area contributed by atoms with E-state index in [4.69, 9.17) is 0 Å². The van der Waals surface area contributed by atoms with Crippen LogP contribution in [0, 0.1) is 12.7 Å². The first-order chi connectivity index (χ1) is 8.91. The van der Waals surface area contributed by atoms with E-state index in [0.717, 1.165) is 10.4 Å². The fraction of sp³-hybridized carbons (Fsp3) is 0.250. The number of nitrogens with one attached hydrogen (secondary N) is 1. The van der Waals surface area contributed by atoms with Gasteiger partial charge >= 0.3 is 0 Å². The van der Waals surface area contributed by atoms with Crippen LogP contribution >= 0.6 is 0 Å². The van der Waals surface area contributed by atoms with E-state index in [1.807, 2.05) is 0 Å². The highest BCUT2D eigenvalue weighted by molar-refractivity contribution is 7.89. The number of aryl methyl sites for hydroxylation is 1. The van der Waals surface area contributed by atoms with Crippen LogP contribution in [0.1, 0.15) is 11.4 Å². The van der Waals surface area contributed by atoms with E-state index in [0.29, 0.717) is 11.4 Å². The number of hydrogen-bond acceptors (Lipinski definition) is 3. The number of aromatic amines is 1. The molecule has 5 nitrogen and oxygen atoms in total. The SMILES string of the molecule is Cc1ccc(S(=O)(=O)N(C)Cc2ncc[nH]2)cc1F. The minimum atomic E-state index is -3.72. The summed E-state index contributed by atoms with van der Waals surface area (Å²) in [5.74, 6) is -0.00821. The van der Waals surface area contributed by atoms with Gasteiger partial charge in [0.25, 0.3) is 0 Å². The van der Waals surface area contributed by atoms with Crippen LogP contribution in [0.2, 0.25) is 0 Å². The van der Waals surface area contributed by atoms with Crippen molar-refractivity contribution in [1.29, 1.82) is 0 Å². The number of H-pyrrole nitrogens is 1. The molecule has 0 fully saturated rings. The predicted octanol–water partition coefficient (Wildman–Crippen LogP) is 1.68. The Bertz CT molecular complexity index is 668. The fourth-order valence-corrected chi connectivity index (χ4v) is 2.74. The van der Waals surface area contributed by atoms with Crippen molar-refractivity contribution in [1.82, 2.24) is 14.3 Å². The highest BCUT2D eigenvalue weighted by Crippen LogP contribution is 2.18. The van der Waals surface area contributed by atoms with Crippen molar-refractivity contribution >= 4 is 10.0 Å². The molecule has 1 aromatic heterocycles. The Morgan fingerprint density at radius 3 is 2.74 bits per heavy atom. The Morgan fingerprint density at radius 2 is 2.16 bits per heavy atom. The number of aromatic nitrogens is 2. The molecule has 0 spiro atoms. The van der Waals surface area contributed by atoms with Crippen molar-refractivity contribution in [2.24, 2.45) is 0 Å². The Morgan fingerprint density at radius 1 is 1.42 bits per heavy atom. The van der Waals surface area contributed by atoms with Gasteiger partial charge in [-0.1, -0.05) is 6.07 Å². The maximum atomic E-state index is 13.4. The number of rotatable bonds is 4. The second-order valence-electron chi connectivity index (χ2n) is 4.21. The molecule has 19 heavy (non-hydrogen) atoms. The Hall–Kier alpha value is -1.73. The lowest BCUT2D eigenvalue weighted by Gasteiger charge is -2.16. The lowest BCUT2D eigenvalue weighted by atomic mass is 10.2. The van der Waals surface area contributed by atoms with Crippen molar-refractivity contribution in [2.75, 3.05) is 7.05 Å². The maximum absolute atomic E-state index is 13.4. The molecule has 0 aliphatic rings. The highest BCUT2D eigenvalue weighted by atomic mass is 32.2. The average Bonchev–Trinajstić information content (AvgIpc) is 2.85. The second kappa shape index (κ2) is 5.10. The molecular weight excluding hydrogens is 269 g/mol. The van der Waals surface area contributed by atoms with Crippen molar-refractivity contribution in [2.45, 2.75) is 18.4 Å². The summed E-state index contributed by atoms with van der Waals surface area (Å²) in [6, 6.07) is 3.87. The van der Waals surface area contributed by atoms with Crippen LogP contribution in [-0.4, -0.2) is 29.7 Å². The van der Waals surface area contributed by atoms with Gasteiger partial charge in [0, 0.05) is 19.4 Å². The van der Waals surface area contributed by atoms with Crippen molar-refractivity contribution in [3.63, 3.8) is 0 Å². The van der Waals surface area contributed by atoms with Gasteiger partial charge in [-0.2, -0.15) is 4.31 Å². The van der Waals surface area contributed by atoms with E-state index < -0.39 is 15.8 Å². The Kier molecular flexibility index (Phi) is 3.68. The quantitative estimate of drug-likeness (QED) is 0.928. The van der Waals surface area contributed by atoms with Crippen LogP contribution < -0.4 is 0 Å².